The predicted molar refractivity (Wildman–Crippen MR) is 115 cm³/mol. The van der Waals surface area contributed by atoms with Gasteiger partial charge in [0.25, 0.3) is 20.0 Å². The van der Waals surface area contributed by atoms with E-state index in [-0.39, 0.29) is 15.5 Å². The largest absolute Gasteiger partial charge is 0.280 e. The van der Waals surface area contributed by atoms with E-state index in [1.165, 1.54) is 24.3 Å². The Morgan fingerprint density at radius 2 is 1.24 bits per heavy atom. The molecule has 0 aliphatic heterocycles. The summed E-state index contributed by atoms with van der Waals surface area (Å²) >= 11 is 0. The second kappa shape index (κ2) is 7.88. The smallest absolute Gasteiger partial charge is 0.262 e. The van der Waals surface area contributed by atoms with Crippen molar-refractivity contribution in [2.75, 3.05) is 9.44 Å². The molecule has 0 saturated heterocycles. The molecule has 0 unspecified atom stereocenters. The molecule has 152 valence electrons. The quantitative estimate of drug-likeness (QED) is 0.613. The van der Waals surface area contributed by atoms with Crippen molar-refractivity contribution in [2.24, 2.45) is 0 Å². The Kier molecular flexibility index (Phi) is 5.68. The Hall–Kier alpha value is -2.84. The fourth-order valence-corrected chi connectivity index (χ4v) is 5.27. The molecular formula is C21H22N2O4S2. The van der Waals surface area contributed by atoms with Crippen LogP contribution in [-0.2, 0) is 20.0 Å². The summed E-state index contributed by atoms with van der Waals surface area (Å²) in [6.07, 6.45) is 0. The zero-order valence-corrected chi connectivity index (χ0v) is 17.9. The third-order valence-electron chi connectivity index (χ3n) is 4.32. The number of nitrogens with one attached hydrogen (secondary N) is 2. The van der Waals surface area contributed by atoms with Gasteiger partial charge in [0, 0.05) is 11.4 Å². The molecule has 0 spiro atoms. The van der Waals surface area contributed by atoms with Gasteiger partial charge in [0.05, 0.1) is 9.79 Å². The normalized spacial score (nSPS) is 11.8. The first-order chi connectivity index (χ1) is 13.6. The molecule has 0 fully saturated rings. The zero-order valence-electron chi connectivity index (χ0n) is 16.3. The first kappa shape index (κ1) is 20.9. The van der Waals surface area contributed by atoms with E-state index in [0.29, 0.717) is 11.3 Å². The maximum Gasteiger partial charge on any atom is 0.262 e. The van der Waals surface area contributed by atoms with Gasteiger partial charge >= 0.3 is 0 Å². The highest BCUT2D eigenvalue weighted by Gasteiger charge is 2.18. The highest BCUT2D eigenvalue weighted by Crippen LogP contribution is 2.23. The summed E-state index contributed by atoms with van der Waals surface area (Å²) in [5.41, 5.74) is 3.14. The van der Waals surface area contributed by atoms with Gasteiger partial charge in [-0.1, -0.05) is 24.3 Å². The molecule has 0 atom stereocenters. The van der Waals surface area contributed by atoms with Crippen LogP contribution in [0.3, 0.4) is 0 Å². The maximum absolute atomic E-state index is 12.7. The van der Waals surface area contributed by atoms with E-state index in [9.17, 15) is 16.8 Å². The third kappa shape index (κ3) is 4.96. The standard InChI is InChI=1S/C21H22N2O4S2/c1-15-5-4-6-19(13-15)23-28(24,25)20-11-9-18(10-12-20)22-29(26,27)21-14-16(2)7-8-17(21)3/h4-14,22-23H,1-3H3. The molecule has 0 radical (unpaired) electrons. The molecule has 0 heterocycles. The summed E-state index contributed by atoms with van der Waals surface area (Å²) in [5, 5.41) is 0. The average Bonchev–Trinajstić information content (AvgIpc) is 2.63. The van der Waals surface area contributed by atoms with Gasteiger partial charge in [-0.25, -0.2) is 16.8 Å². The van der Waals surface area contributed by atoms with E-state index in [2.05, 4.69) is 9.44 Å². The second-order valence-electron chi connectivity index (χ2n) is 6.87. The summed E-state index contributed by atoms with van der Waals surface area (Å²) in [5.74, 6) is 0. The highest BCUT2D eigenvalue weighted by molar-refractivity contribution is 7.93. The first-order valence-corrected chi connectivity index (χ1v) is 11.8. The van der Waals surface area contributed by atoms with Gasteiger partial charge in [0.1, 0.15) is 0 Å². The van der Waals surface area contributed by atoms with Crippen LogP contribution in [0.2, 0.25) is 0 Å². The lowest BCUT2D eigenvalue weighted by molar-refractivity contribution is 0.599. The van der Waals surface area contributed by atoms with Crippen molar-refractivity contribution >= 4 is 31.4 Å². The maximum atomic E-state index is 12.7. The van der Waals surface area contributed by atoms with Crippen LogP contribution in [0.25, 0.3) is 0 Å². The zero-order chi connectivity index (χ0) is 21.2. The minimum absolute atomic E-state index is 0.0358. The van der Waals surface area contributed by atoms with Crippen LogP contribution in [0.5, 0.6) is 0 Å². The number of aryl methyl sites for hydroxylation is 3. The van der Waals surface area contributed by atoms with Crippen molar-refractivity contribution in [2.45, 2.75) is 30.6 Å². The summed E-state index contributed by atoms with van der Waals surface area (Å²) in [4.78, 5) is 0.226. The van der Waals surface area contributed by atoms with Gasteiger partial charge in [-0.15, -0.1) is 0 Å². The molecule has 0 saturated carbocycles. The van der Waals surface area contributed by atoms with Crippen LogP contribution in [0.1, 0.15) is 16.7 Å². The van der Waals surface area contributed by atoms with Crippen molar-refractivity contribution in [3.05, 3.63) is 83.4 Å². The van der Waals surface area contributed by atoms with Crippen molar-refractivity contribution in [1.82, 2.24) is 0 Å². The molecule has 2 N–H and O–H groups in total. The molecule has 0 aliphatic rings. The lowest BCUT2D eigenvalue weighted by atomic mass is 10.2. The van der Waals surface area contributed by atoms with Gasteiger partial charge in [-0.2, -0.15) is 0 Å². The lowest BCUT2D eigenvalue weighted by Crippen LogP contribution is -2.15. The number of hydrogen-bond acceptors (Lipinski definition) is 4. The van der Waals surface area contributed by atoms with Crippen LogP contribution in [0, 0.1) is 20.8 Å². The van der Waals surface area contributed by atoms with Crippen LogP contribution in [0.4, 0.5) is 11.4 Å². The van der Waals surface area contributed by atoms with Crippen molar-refractivity contribution < 1.29 is 16.8 Å². The van der Waals surface area contributed by atoms with E-state index in [0.717, 1.165) is 11.1 Å². The molecule has 3 aromatic carbocycles. The van der Waals surface area contributed by atoms with Crippen LogP contribution >= 0.6 is 0 Å². The number of rotatable bonds is 6. The van der Waals surface area contributed by atoms with Crippen LogP contribution in [-0.4, -0.2) is 16.8 Å². The highest BCUT2D eigenvalue weighted by atomic mass is 32.2. The molecule has 0 aromatic heterocycles. The number of anilines is 2. The molecule has 0 aliphatic carbocycles. The summed E-state index contributed by atoms with van der Waals surface area (Å²) in [6.45, 7) is 5.41. The Morgan fingerprint density at radius 3 is 1.90 bits per heavy atom. The molecule has 3 rings (SSSR count). The van der Waals surface area contributed by atoms with E-state index in [4.69, 9.17) is 0 Å². The molecule has 29 heavy (non-hydrogen) atoms. The molecular weight excluding hydrogens is 408 g/mol. The molecule has 6 nitrogen and oxygen atoms in total. The van der Waals surface area contributed by atoms with Crippen molar-refractivity contribution in [1.29, 1.82) is 0 Å². The summed E-state index contributed by atoms with van der Waals surface area (Å²) in [7, 11) is -7.57. The van der Waals surface area contributed by atoms with Gasteiger partial charge < -0.3 is 0 Å². The van der Waals surface area contributed by atoms with Crippen molar-refractivity contribution in [3.8, 4) is 0 Å². The van der Waals surface area contributed by atoms with Crippen molar-refractivity contribution in [3.63, 3.8) is 0 Å². The molecule has 3 aromatic rings. The average molecular weight is 431 g/mol. The monoisotopic (exact) mass is 430 g/mol. The Morgan fingerprint density at radius 1 is 0.621 bits per heavy atom. The Bertz CT molecular complexity index is 1250. The van der Waals surface area contributed by atoms with E-state index < -0.39 is 20.0 Å². The van der Waals surface area contributed by atoms with Crippen LogP contribution in [0.15, 0.2) is 76.5 Å². The van der Waals surface area contributed by atoms with Gasteiger partial charge in [-0.3, -0.25) is 9.44 Å². The SMILES string of the molecule is Cc1cccc(NS(=O)(=O)c2ccc(NS(=O)(=O)c3cc(C)ccc3C)cc2)c1. The number of sulfonamides is 2. The van der Waals surface area contributed by atoms with E-state index >= 15 is 0 Å². The fraction of sp³-hybridized carbons (Fsp3) is 0.143. The third-order valence-corrected chi connectivity index (χ3v) is 7.24. The second-order valence-corrected chi connectivity index (χ2v) is 10.2. The molecule has 0 amide bonds. The predicted octanol–water partition coefficient (Wildman–Crippen LogP) is 4.21. The van der Waals surface area contributed by atoms with Gasteiger partial charge in [0.15, 0.2) is 0 Å². The molecule has 0 bridgehead atoms. The minimum Gasteiger partial charge on any atom is -0.280 e. The summed E-state index contributed by atoms with van der Waals surface area (Å²) < 4.78 is 55.5. The number of hydrogen-bond donors (Lipinski definition) is 2. The first-order valence-electron chi connectivity index (χ1n) is 8.86. The Labute approximate surface area is 171 Å². The van der Waals surface area contributed by atoms with E-state index in [1.807, 2.05) is 26.0 Å². The number of benzene rings is 3. The van der Waals surface area contributed by atoms with Gasteiger partial charge in [-0.05, 0) is 79.9 Å². The minimum atomic E-state index is -3.78. The van der Waals surface area contributed by atoms with E-state index in [1.54, 1.807) is 37.3 Å². The topological polar surface area (TPSA) is 92.3 Å². The fourth-order valence-electron chi connectivity index (χ4n) is 2.83. The molecule has 8 heteroatoms. The Balaban J connectivity index is 1.82. The van der Waals surface area contributed by atoms with Crippen LogP contribution < -0.4 is 9.44 Å². The summed E-state index contributed by atoms with van der Waals surface area (Å²) in [6, 6.07) is 17.8. The van der Waals surface area contributed by atoms with Gasteiger partial charge in [0.2, 0.25) is 0 Å². The lowest BCUT2D eigenvalue weighted by Gasteiger charge is -2.12.